The summed E-state index contributed by atoms with van der Waals surface area (Å²) < 4.78 is 37.7. The third-order valence-electron chi connectivity index (χ3n) is 4.45. The number of carbonyl (C=O) groups excluding carboxylic acids is 3. The highest BCUT2D eigenvalue weighted by atomic mass is 19.4. The Bertz CT molecular complexity index is 945. The second kappa shape index (κ2) is 8.85. The molecule has 2 aromatic rings. The molecule has 4 amide bonds. The van der Waals surface area contributed by atoms with Gasteiger partial charge in [0.1, 0.15) is 0 Å². The molecule has 0 bridgehead atoms. The van der Waals surface area contributed by atoms with Gasteiger partial charge in [0.2, 0.25) is 0 Å². The van der Waals surface area contributed by atoms with Crippen LogP contribution >= 0.6 is 0 Å². The molecular formula is C20H19F3N4O3. The van der Waals surface area contributed by atoms with Crippen molar-refractivity contribution in [3.63, 3.8) is 0 Å². The van der Waals surface area contributed by atoms with Crippen molar-refractivity contribution in [2.75, 3.05) is 31.1 Å². The number of amides is 4. The lowest BCUT2D eigenvalue weighted by Gasteiger charge is -2.15. The fourth-order valence-corrected chi connectivity index (χ4v) is 2.90. The molecule has 2 aromatic carbocycles. The zero-order valence-electron chi connectivity index (χ0n) is 15.8. The Labute approximate surface area is 170 Å². The lowest BCUT2D eigenvalue weighted by Crippen LogP contribution is -2.35. The number of hydrogen-bond donors (Lipinski definition) is 3. The van der Waals surface area contributed by atoms with E-state index in [2.05, 4.69) is 16.0 Å². The van der Waals surface area contributed by atoms with E-state index in [1.807, 2.05) is 0 Å². The summed E-state index contributed by atoms with van der Waals surface area (Å²) in [5.41, 5.74) is 0.223. The summed E-state index contributed by atoms with van der Waals surface area (Å²) in [6, 6.07) is 10.2. The van der Waals surface area contributed by atoms with E-state index < -0.39 is 17.6 Å². The fraction of sp³-hybridized carbons (Fsp3) is 0.250. The molecular weight excluding hydrogens is 401 g/mol. The maximum atomic E-state index is 12.6. The van der Waals surface area contributed by atoms with Crippen molar-refractivity contribution in [3.8, 4) is 0 Å². The molecule has 1 fully saturated rings. The minimum absolute atomic E-state index is 0.0888. The number of hydrogen-bond acceptors (Lipinski definition) is 3. The summed E-state index contributed by atoms with van der Waals surface area (Å²) in [5.74, 6) is -0.916. The number of nitrogens with one attached hydrogen (secondary N) is 3. The Hall–Kier alpha value is -3.56. The topological polar surface area (TPSA) is 90.5 Å². The summed E-state index contributed by atoms with van der Waals surface area (Å²) in [6.45, 7) is 1.27. The summed E-state index contributed by atoms with van der Waals surface area (Å²) in [5, 5.41) is 7.86. The maximum Gasteiger partial charge on any atom is 0.416 e. The van der Waals surface area contributed by atoms with E-state index >= 15 is 0 Å². The van der Waals surface area contributed by atoms with Gasteiger partial charge in [0.05, 0.1) is 5.56 Å². The molecule has 3 rings (SSSR count). The van der Waals surface area contributed by atoms with Crippen LogP contribution in [0.5, 0.6) is 0 Å². The lowest BCUT2D eigenvalue weighted by atomic mass is 10.1. The van der Waals surface area contributed by atoms with Crippen molar-refractivity contribution in [1.82, 2.24) is 16.0 Å². The van der Waals surface area contributed by atoms with Crippen LogP contribution in [0.2, 0.25) is 0 Å². The molecule has 1 aliphatic rings. The largest absolute Gasteiger partial charge is 0.416 e. The van der Waals surface area contributed by atoms with Gasteiger partial charge in [-0.15, -0.1) is 0 Å². The van der Waals surface area contributed by atoms with Gasteiger partial charge in [-0.2, -0.15) is 13.2 Å². The smallest absolute Gasteiger partial charge is 0.350 e. The maximum absolute atomic E-state index is 12.6. The normalized spacial score (nSPS) is 13.7. The predicted molar refractivity (Wildman–Crippen MR) is 103 cm³/mol. The van der Waals surface area contributed by atoms with Crippen LogP contribution in [-0.2, 0) is 6.18 Å². The van der Waals surface area contributed by atoms with Crippen LogP contribution in [0, 0.1) is 0 Å². The summed E-state index contributed by atoms with van der Waals surface area (Å²) >= 11 is 0. The highest BCUT2D eigenvalue weighted by molar-refractivity contribution is 5.98. The molecule has 0 aliphatic carbocycles. The van der Waals surface area contributed by atoms with E-state index in [1.165, 1.54) is 4.90 Å². The van der Waals surface area contributed by atoms with Gasteiger partial charge in [0, 0.05) is 43.0 Å². The molecule has 7 nitrogen and oxygen atoms in total. The third kappa shape index (κ3) is 5.07. The van der Waals surface area contributed by atoms with Crippen molar-refractivity contribution in [1.29, 1.82) is 0 Å². The number of nitrogens with zero attached hydrogens (tertiary/aromatic N) is 1. The van der Waals surface area contributed by atoms with Crippen molar-refractivity contribution in [2.24, 2.45) is 0 Å². The van der Waals surface area contributed by atoms with Crippen LogP contribution in [0.1, 0.15) is 26.3 Å². The molecule has 0 spiro atoms. The highest BCUT2D eigenvalue weighted by Crippen LogP contribution is 2.29. The first-order chi connectivity index (χ1) is 14.3. The number of urea groups is 1. The Morgan fingerprint density at radius 2 is 1.60 bits per heavy atom. The van der Waals surface area contributed by atoms with E-state index in [9.17, 15) is 27.6 Å². The molecule has 30 heavy (non-hydrogen) atoms. The Morgan fingerprint density at radius 3 is 2.17 bits per heavy atom. The molecule has 0 atom stereocenters. The van der Waals surface area contributed by atoms with Gasteiger partial charge in [0.15, 0.2) is 0 Å². The number of anilines is 1. The van der Waals surface area contributed by atoms with E-state index in [0.29, 0.717) is 24.3 Å². The quantitative estimate of drug-likeness (QED) is 0.627. The van der Waals surface area contributed by atoms with Crippen LogP contribution in [-0.4, -0.2) is 44.0 Å². The number of alkyl halides is 3. The van der Waals surface area contributed by atoms with Crippen molar-refractivity contribution < 1.29 is 27.6 Å². The van der Waals surface area contributed by atoms with E-state index in [0.717, 1.165) is 24.3 Å². The van der Waals surface area contributed by atoms with Crippen LogP contribution in [0.15, 0.2) is 48.5 Å². The second-order valence-corrected chi connectivity index (χ2v) is 6.52. The first kappa shape index (κ1) is 21.2. The van der Waals surface area contributed by atoms with E-state index in [4.69, 9.17) is 0 Å². The average Bonchev–Trinajstić information content (AvgIpc) is 3.16. The molecule has 1 aliphatic heterocycles. The van der Waals surface area contributed by atoms with Crippen molar-refractivity contribution in [2.45, 2.75) is 6.18 Å². The predicted octanol–water partition coefficient (Wildman–Crippen LogP) is 2.39. The molecule has 0 saturated carbocycles. The standard InChI is InChI=1S/C20H19F3N4O3/c21-20(22,23)15-6-4-13(5-7-15)17(28)24-8-9-25-18(29)14-2-1-3-16(12-14)27-11-10-26-19(27)30/h1-7,12H,8-11H2,(H,24,28)(H,25,29)(H,26,30). The van der Waals surface area contributed by atoms with Crippen LogP contribution < -0.4 is 20.9 Å². The molecule has 1 heterocycles. The zero-order valence-corrected chi connectivity index (χ0v) is 15.8. The number of carbonyl (C=O) groups is 3. The summed E-state index contributed by atoms with van der Waals surface area (Å²) in [6.07, 6.45) is -4.46. The van der Waals surface area contributed by atoms with Gasteiger partial charge in [-0.3, -0.25) is 14.5 Å². The first-order valence-corrected chi connectivity index (χ1v) is 9.15. The first-order valence-electron chi connectivity index (χ1n) is 9.15. The molecule has 3 N–H and O–H groups in total. The van der Waals surface area contributed by atoms with Crippen molar-refractivity contribution >= 4 is 23.5 Å². The molecule has 0 aromatic heterocycles. The Balaban J connectivity index is 1.48. The van der Waals surface area contributed by atoms with Crippen LogP contribution in [0.4, 0.5) is 23.7 Å². The summed E-state index contributed by atoms with van der Waals surface area (Å²) in [7, 11) is 0. The van der Waals surface area contributed by atoms with Gasteiger partial charge in [-0.1, -0.05) is 6.07 Å². The minimum atomic E-state index is -4.46. The molecule has 10 heteroatoms. The van der Waals surface area contributed by atoms with Crippen LogP contribution in [0.25, 0.3) is 0 Å². The average molecular weight is 420 g/mol. The number of benzene rings is 2. The van der Waals surface area contributed by atoms with Gasteiger partial charge in [-0.25, -0.2) is 4.79 Å². The number of rotatable bonds is 6. The van der Waals surface area contributed by atoms with Crippen molar-refractivity contribution in [3.05, 3.63) is 65.2 Å². The molecule has 1 saturated heterocycles. The van der Waals surface area contributed by atoms with E-state index in [-0.39, 0.29) is 30.6 Å². The van der Waals surface area contributed by atoms with Gasteiger partial charge >= 0.3 is 12.2 Å². The third-order valence-corrected chi connectivity index (χ3v) is 4.45. The Kier molecular flexibility index (Phi) is 6.24. The Morgan fingerprint density at radius 1 is 0.967 bits per heavy atom. The zero-order chi connectivity index (χ0) is 21.7. The van der Waals surface area contributed by atoms with Gasteiger partial charge < -0.3 is 16.0 Å². The van der Waals surface area contributed by atoms with Gasteiger partial charge in [-0.05, 0) is 42.5 Å². The lowest BCUT2D eigenvalue weighted by molar-refractivity contribution is -0.137. The SMILES string of the molecule is O=C(NCCNC(=O)c1cccc(N2CCNC2=O)c1)c1ccc(C(F)(F)F)cc1. The van der Waals surface area contributed by atoms with Crippen LogP contribution in [0.3, 0.4) is 0 Å². The second-order valence-electron chi connectivity index (χ2n) is 6.52. The highest BCUT2D eigenvalue weighted by Gasteiger charge is 2.30. The van der Waals surface area contributed by atoms with E-state index in [1.54, 1.807) is 24.3 Å². The minimum Gasteiger partial charge on any atom is -0.350 e. The van der Waals surface area contributed by atoms with Gasteiger partial charge in [0.25, 0.3) is 11.8 Å². The monoisotopic (exact) mass is 420 g/mol. The molecule has 0 radical (unpaired) electrons. The fourth-order valence-electron chi connectivity index (χ4n) is 2.90. The summed E-state index contributed by atoms with van der Waals surface area (Å²) in [4.78, 5) is 37.5. The molecule has 158 valence electrons. The molecule has 0 unspecified atom stereocenters. The number of halogens is 3.